The molecule has 0 saturated heterocycles. The summed E-state index contributed by atoms with van der Waals surface area (Å²) < 4.78 is 53.7. The SMILES string of the molecule is CC(C)(O)c1ncc(-c2cc3c(cc2F)nc2n3[C@@H]3C[C@H]2OC(=O)c2cccc(OC(F)F)c23)cn1. The van der Waals surface area contributed by atoms with Gasteiger partial charge in [0, 0.05) is 41.6 Å². The number of ether oxygens (including phenoxy) is 2. The van der Waals surface area contributed by atoms with Crippen molar-refractivity contribution in [3.05, 3.63) is 71.3 Å². The third-order valence-corrected chi connectivity index (χ3v) is 6.44. The van der Waals surface area contributed by atoms with E-state index < -0.39 is 36.1 Å². The number of fused-ring (bicyclic) bond motifs is 9. The number of hydrogen-bond acceptors (Lipinski definition) is 7. The average molecular weight is 496 g/mol. The highest BCUT2D eigenvalue weighted by atomic mass is 19.3. The van der Waals surface area contributed by atoms with Crippen molar-refractivity contribution in [2.75, 3.05) is 0 Å². The summed E-state index contributed by atoms with van der Waals surface area (Å²) in [6.07, 6.45) is 2.38. The Morgan fingerprint density at radius 1 is 1.19 bits per heavy atom. The lowest BCUT2D eigenvalue weighted by molar-refractivity contribution is -0.0507. The normalized spacial score (nSPS) is 18.7. The molecule has 0 radical (unpaired) electrons. The molecule has 2 bridgehead atoms. The predicted molar refractivity (Wildman–Crippen MR) is 120 cm³/mol. The Balaban J connectivity index is 1.53. The monoisotopic (exact) mass is 496 g/mol. The van der Waals surface area contributed by atoms with Gasteiger partial charge in [0.25, 0.3) is 0 Å². The topological polar surface area (TPSA) is 99.4 Å². The van der Waals surface area contributed by atoms with Crippen molar-refractivity contribution in [3.63, 3.8) is 0 Å². The van der Waals surface area contributed by atoms with Crippen LogP contribution in [0.1, 0.15) is 60.0 Å². The van der Waals surface area contributed by atoms with Crippen molar-refractivity contribution < 1.29 is 32.5 Å². The Morgan fingerprint density at radius 2 is 1.94 bits per heavy atom. The fraction of sp³-hybridized carbons (Fsp3) is 0.280. The van der Waals surface area contributed by atoms with Gasteiger partial charge in [-0.1, -0.05) is 6.07 Å². The number of carbonyl (C=O) groups excluding carboxylic acids is 1. The summed E-state index contributed by atoms with van der Waals surface area (Å²) in [7, 11) is 0. The highest BCUT2D eigenvalue weighted by Crippen LogP contribution is 2.49. The Labute approximate surface area is 202 Å². The summed E-state index contributed by atoms with van der Waals surface area (Å²) in [6, 6.07) is 6.58. The lowest BCUT2D eigenvalue weighted by Crippen LogP contribution is -2.19. The molecule has 6 rings (SSSR count). The summed E-state index contributed by atoms with van der Waals surface area (Å²) in [6.45, 7) is 0.00252. The second kappa shape index (κ2) is 7.76. The number of halogens is 3. The number of imidazole rings is 1. The van der Waals surface area contributed by atoms with Gasteiger partial charge in [0.2, 0.25) is 0 Å². The molecule has 8 nitrogen and oxygen atoms in total. The molecular formula is C25H19F3N4O4. The summed E-state index contributed by atoms with van der Waals surface area (Å²) in [5.41, 5.74) is 0.563. The van der Waals surface area contributed by atoms with Crippen molar-refractivity contribution in [3.8, 4) is 16.9 Å². The molecule has 2 aromatic carbocycles. The molecule has 2 aliphatic rings. The summed E-state index contributed by atoms with van der Waals surface area (Å²) in [4.78, 5) is 25.6. The van der Waals surface area contributed by atoms with Crippen LogP contribution in [0.4, 0.5) is 13.2 Å². The second-order valence-corrected chi connectivity index (χ2v) is 9.26. The Hall–Kier alpha value is -3.99. The van der Waals surface area contributed by atoms with E-state index >= 15 is 4.39 Å². The van der Waals surface area contributed by atoms with Crippen LogP contribution >= 0.6 is 0 Å². The number of esters is 1. The highest BCUT2D eigenvalue weighted by Gasteiger charge is 2.44. The van der Waals surface area contributed by atoms with Gasteiger partial charge in [0.05, 0.1) is 22.6 Å². The van der Waals surface area contributed by atoms with Crippen molar-refractivity contribution in [2.45, 2.75) is 44.6 Å². The molecule has 36 heavy (non-hydrogen) atoms. The Kier molecular flexibility index (Phi) is 4.84. The van der Waals surface area contributed by atoms with Gasteiger partial charge in [-0.15, -0.1) is 0 Å². The third-order valence-electron chi connectivity index (χ3n) is 6.44. The molecule has 0 amide bonds. The molecule has 2 aromatic heterocycles. The van der Waals surface area contributed by atoms with Gasteiger partial charge in [0.1, 0.15) is 17.2 Å². The van der Waals surface area contributed by atoms with Crippen LogP contribution in [-0.2, 0) is 10.3 Å². The Bertz CT molecular complexity index is 1530. The van der Waals surface area contributed by atoms with E-state index in [0.717, 1.165) is 0 Å². The van der Waals surface area contributed by atoms with Gasteiger partial charge in [-0.05, 0) is 32.0 Å². The van der Waals surface area contributed by atoms with Gasteiger partial charge in [-0.2, -0.15) is 8.78 Å². The molecule has 4 heterocycles. The van der Waals surface area contributed by atoms with Crippen LogP contribution < -0.4 is 4.74 Å². The molecule has 0 spiro atoms. The van der Waals surface area contributed by atoms with Crippen LogP contribution in [0.15, 0.2) is 42.7 Å². The molecule has 2 aliphatic heterocycles. The zero-order valence-electron chi connectivity index (χ0n) is 19.1. The second-order valence-electron chi connectivity index (χ2n) is 9.26. The number of aromatic nitrogens is 4. The highest BCUT2D eigenvalue weighted by molar-refractivity contribution is 5.93. The van der Waals surface area contributed by atoms with Crippen LogP contribution in [0.2, 0.25) is 0 Å². The molecule has 0 unspecified atom stereocenters. The fourth-order valence-corrected chi connectivity index (χ4v) is 4.91. The molecular weight excluding hydrogens is 477 g/mol. The van der Waals surface area contributed by atoms with Crippen molar-refractivity contribution in [2.24, 2.45) is 0 Å². The molecule has 0 aliphatic carbocycles. The van der Waals surface area contributed by atoms with E-state index in [0.29, 0.717) is 22.4 Å². The van der Waals surface area contributed by atoms with Gasteiger partial charge >= 0.3 is 12.6 Å². The molecule has 1 N–H and O–H groups in total. The minimum absolute atomic E-state index is 0.127. The molecule has 2 atom stereocenters. The van der Waals surface area contributed by atoms with E-state index in [9.17, 15) is 18.7 Å². The van der Waals surface area contributed by atoms with E-state index in [1.165, 1.54) is 36.7 Å². The number of carbonyl (C=O) groups is 1. The average Bonchev–Trinajstić information content (AvgIpc) is 3.29. The smallest absolute Gasteiger partial charge is 0.387 e. The van der Waals surface area contributed by atoms with E-state index in [4.69, 9.17) is 9.47 Å². The first-order valence-corrected chi connectivity index (χ1v) is 11.2. The van der Waals surface area contributed by atoms with Crippen LogP contribution in [0, 0.1) is 5.82 Å². The zero-order chi connectivity index (χ0) is 25.4. The summed E-state index contributed by atoms with van der Waals surface area (Å²) >= 11 is 0. The third kappa shape index (κ3) is 3.41. The largest absolute Gasteiger partial charge is 0.450 e. The van der Waals surface area contributed by atoms with Crippen LogP contribution in [-0.4, -0.2) is 37.2 Å². The van der Waals surface area contributed by atoms with Gasteiger partial charge in [-0.3, -0.25) is 0 Å². The zero-order valence-corrected chi connectivity index (χ0v) is 19.1. The predicted octanol–water partition coefficient (Wildman–Crippen LogP) is 4.67. The van der Waals surface area contributed by atoms with Crippen molar-refractivity contribution in [1.82, 2.24) is 19.5 Å². The number of rotatable bonds is 4. The van der Waals surface area contributed by atoms with E-state index in [2.05, 4.69) is 15.0 Å². The van der Waals surface area contributed by atoms with Crippen molar-refractivity contribution in [1.29, 1.82) is 0 Å². The maximum absolute atomic E-state index is 15.1. The maximum Gasteiger partial charge on any atom is 0.387 e. The number of nitrogens with zero attached hydrogens (tertiary/aromatic N) is 4. The number of aliphatic hydroxyl groups is 1. The van der Waals surface area contributed by atoms with Gasteiger partial charge < -0.3 is 19.1 Å². The molecule has 184 valence electrons. The quantitative estimate of drug-likeness (QED) is 0.410. The van der Waals surface area contributed by atoms with Crippen LogP contribution in [0.5, 0.6) is 5.75 Å². The maximum atomic E-state index is 15.1. The van der Waals surface area contributed by atoms with E-state index in [-0.39, 0.29) is 34.7 Å². The number of hydrogen-bond donors (Lipinski definition) is 1. The first kappa shape index (κ1) is 22.5. The fourth-order valence-electron chi connectivity index (χ4n) is 4.91. The van der Waals surface area contributed by atoms with E-state index in [1.54, 1.807) is 24.5 Å². The number of alkyl halides is 2. The molecule has 0 saturated carbocycles. The lowest BCUT2D eigenvalue weighted by atomic mass is 9.97. The molecule has 0 fully saturated rings. The van der Waals surface area contributed by atoms with E-state index in [1.807, 2.05) is 0 Å². The number of benzene rings is 2. The van der Waals surface area contributed by atoms with Gasteiger partial charge in [0.15, 0.2) is 17.8 Å². The van der Waals surface area contributed by atoms with Crippen molar-refractivity contribution >= 4 is 17.0 Å². The standard InChI is InChI=1S/C25H19F3N4O4/c1-25(2,34)23-29-9-11(10-30-23)13-6-16-15(7-14(13)26)31-21-19-8-17(32(16)21)20-12(22(33)35-19)4-3-5-18(20)36-24(27)28/h3-7,9-10,17,19,24,34H,8H2,1-2H3/t17-,19-/m1/s1. The lowest BCUT2D eigenvalue weighted by Gasteiger charge is -2.20. The Morgan fingerprint density at radius 3 is 2.64 bits per heavy atom. The first-order chi connectivity index (χ1) is 17.1. The van der Waals surface area contributed by atoms with Crippen LogP contribution in [0.3, 0.4) is 0 Å². The molecule has 11 heteroatoms. The van der Waals surface area contributed by atoms with Crippen LogP contribution in [0.25, 0.3) is 22.2 Å². The first-order valence-electron chi connectivity index (χ1n) is 11.2. The molecule has 4 aromatic rings. The minimum atomic E-state index is -3.08. The summed E-state index contributed by atoms with van der Waals surface area (Å²) in [5.74, 6) is -0.774. The minimum Gasteiger partial charge on any atom is -0.450 e. The van der Waals surface area contributed by atoms with Gasteiger partial charge in [-0.25, -0.2) is 24.1 Å². The summed E-state index contributed by atoms with van der Waals surface area (Å²) in [5, 5.41) is 10.1.